The molecule has 0 bridgehead atoms. The summed E-state index contributed by atoms with van der Waals surface area (Å²) in [6.45, 7) is 3.24. The van der Waals surface area contributed by atoms with Crippen molar-refractivity contribution in [3.05, 3.63) is 28.2 Å². The van der Waals surface area contributed by atoms with Crippen molar-refractivity contribution in [1.82, 2.24) is 5.32 Å². The predicted octanol–water partition coefficient (Wildman–Crippen LogP) is 3.89. The number of halogens is 1. The van der Waals surface area contributed by atoms with E-state index in [4.69, 9.17) is 0 Å². The number of thioether (sulfide) groups is 1. The highest BCUT2D eigenvalue weighted by Crippen LogP contribution is 2.26. The van der Waals surface area contributed by atoms with Crippen LogP contribution in [-0.2, 0) is 6.54 Å². The molecular weight excluding hydrogens is 320 g/mol. The van der Waals surface area contributed by atoms with E-state index in [2.05, 4.69) is 64.6 Å². The number of hydrogen-bond donors (Lipinski definition) is 1. The fourth-order valence-electron chi connectivity index (χ4n) is 2.05. The second-order valence-electron chi connectivity index (χ2n) is 5.35. The Kier molecular flexibility index (Phi) is 5.60. The molecule has 0 amide bonds. The fourth-order valence-corrected chi connectivity index (χ4v) is 3.26. The van der Waals surface area contributed by atoms with Crippen LogP contribution < -0.4 is 10.2 Å². The largest absolute Gasteiger partial charge is 0.371 e. The van der Waals surface area contributed by atoms with Crippen molar-refractivity contribution >= 4 is 33.4 Å². The first-order valence-corrected chi connectivity index (χ1v) is 9.04. The van der Waals surface area contributed by atoms with Crippen LogP contribution in [0.15, 0.2) is 22.7 Å². The van der Waals surface area contributed by atoms with Crippen molar-refractivity contribution in [2.24, 2.45) is 0 Å². The first-order chi connectivity index (χ1) is 9.11. The molecule has 1 N–H and O–H groups in total. The standard InChI is InChI=1S/C15H23BrN2S/c1-11(10-19-3)18(2)14-7-4-12(15(16)8-14)9-17-13-5-6-13/h4,7-8,11,13,17H,5-6,9-10H2,1-3H3. The highest BCUT2D eigenvalue weighted by Gasteiger charge is 2.20. The lowest BCUT2D eigenvalue weighted by molar-refractivity contribution is 0.685. The van der Waals surface area contributed by atoms with Gasteiger partial charge in [0.2, 0.25) is 0 Å². The predicted molar refractivity (Wildman–Crippen MR) is 90.3 cm³/mol. The second-order valence-corrected chi connectivity index (χ2v) is 7.11. The van der Waals surface area contributed by atoms with Crippen LogP contribution in [0.5, 0.6) is 0 Å². The molecule has 4 heteroatoms. The summed E-state index contributed by atoms with van der Waals surface area (Å²) in [7, 11) is 2.17. The molecule has 1 saturated carbocycles. The van der Waals surface area contributed by atoms with Gasteiger partial charge < -0.3 is 10.2 Å². The molecule has 1 fully saturated rings. The summed E-state index contributed by atoms with van der Waals surface area (Å²) in [4.78, 5) is 2.35. The first kappa shape index (κ1) is 15.2. The Bertz CT molecular complexity index is 421. The molecule has 0 spiro atoms. The Labute approximate surface area is 129 Å². The fraction of sp³-hybridized carbons (Fsp3) is 0.600. The molecule has 0 aliphatic heterocycles. The van der Waals surface area contributed by atoms with E-state index in [0.29, 0.717) is 6.04 Å². The molecule has 2 nitrogen and oxygen atoms in total. The Morgan fingerprint density at radius 2 is 2.21 bits per heavy atom. The van der Waals surface area contributed by atoms with Crippen LogP contribution in [0, 0.1) is 0 Å². The van der Waals surface area contributed by atoms with Crippen molar-refractivity contribution in [3.63, 3.8) is 0 Å². The lowest BCUT2D eigenvalue weighted by Crippen LogP contribution is -2.30. The average Bonchev–Trinajstić information content (AvgIpc) is 3.20. The number of rotatable bonds is 7. The van der Waals surface area contributed by atoms with Crippen molar-refractivity contribution in [3.8, 4) is 0 Å². The molecule has 1 aromatic carbocycles. The molecule has 0 saturated heterocycles. The molecule has 1 atom stereocenters. The van der Waals surface area contributed by atoms with Gasteiger partial charge in [-0.2, -0.15) is 11.8 Å². The third kappa shape index (κ3) is 4.40. The van der Waals surface area contributed by atoms with Gasteiger partial charge in [-0.1, -0.05) is 22.0 Å². The summed E-state index contributed by atoms with van der Waals surface area (Å²) >= 11 is 5.60. The number of benzene rings is 1. The van der Waals surface area contributed by atoms with Gasteiger partial charge in [0.25, 0.3) is 0 Å². The highest BCUT2D eigenvalue weighted by molar-refractivity contribution is 9.10. The Balaban J connectivity index is 1.99. The summed E-state index contributed by atoms with van der Waals surface area (Å²) in [6.07, 6.45) is 4.84. The minimum Gasteiger partial charge on any atom is -0.371 e. The van der Waals surface area contributed by atoms with E-state index in [1.54, 1.807) is 0 Å². The zero-order valence-electron chi connectivity index (χ0n) is 11.9. The van der Waals surface area contributed by atoms with Gasteiger partial charge in [-0.15, -0.1) is 0 Å². The Hall–Kier alpha value is -0.190. The SMILES string of the molecule is CSCC(C)N(C)c1ccc(CNC2CC2)c(Br)c1. The molecule has 0 aromatic heterocycles. The summed E-state index contributed by atoms with van der Waals surface area (Å²) in [5.41, 5.74) is 2.63. The number of nitrogens with one attached hydrogen (secondary N) is 1. The zero-order chi connectivity index (χ0) is 13.8. The lowest BCUT2D eigenvalue weighted by Gasteiger charge is -2.27. The Morgan fingerprint density at radius 1 is 1.47 bits per heavy atom. The van der Waals surface area contributed by atoms with Gasteiger partial charge in [0.15, 0.2) is 0 Å². The third-order valence-electron chi connectivity index (χ3n) is 3.67. The molecular formula is C15H23BrN2S. The minimum absolute atomic E-state index is 0.553. The molecule has 1 unspecified atom stereocenters. The maximum atomic E-state index is 3.70. The second kappa shape index (κ2) is 7.00. The molecule has 0 heterocycles. The van der Waals surface area contributed by atoms with Crippen LogP contribution in [0.25, 0.3) is 0 Å². The lowest BCUT2D eigenvalue weighted by atomic mass is 10.2. The first-order valence-electron chi connectivity index (χ1n) is 6.85. The van der Waals surface area contributed by atoms with Gasteiger partial charge in [0.05, 0.1) is 0 Å². The molecule has 1 aliphatic carbocycles. The van der Waals surface area contributed by atoms with E-state index >= 15 is 0 Å². The number of hydrogen-bond acceptors (Lipinski definition) is 3. The van der Waals surface area contributed by atoms with Crippen LogP contribution in [0.4, 0.5) is 5.69 Å². The Morgan fingerprint density at radius 3 is 2.79 bits per heavy atom. The van der Waals surface area contributed by atoms with Gasteiger partial charge in [0.1, 0.15) is 0 Å². The van der Waals surface area contributed by atoms with Gasteiger partial charge in [0, 0.05) is 41.6 Å². The van der Waals surface area contributed by atoms with Gasteiger partial charge >= 0.3 is 0 Å². The smallest absolute Gasteiger partial charge is 0.0377 e. The minimum atomic E-state index is 0.553. The molecule has 106 valence electrons. The van der Waals surface area contributed by atoms with Crippen molar-refractivity contribution < 1.29 is 0 Å². The van der Waals surface area contributed by atoms with Crippen LogP contribution >= 0.6 is 27.7 Å². The van der Waals surface area contributed by atoms with E-state index in [9.17, 15) is 0 Å². The van der Waals surface area contributed by atoms with E-state index in [-0.39, 0.29) is 0 Å². The van der Waals surface area contributed by atoms with Gasteiger partial charge in [-0.05, 0) is 43.7 Å². The number of nitrogens with zero attached hydrogens (tertiary/aromatic N) is 1. The number of anilines is 1. The summed E-state index contributed by atoms with van der Waals surface area (Å²) in [5, 5.41) is 3.56. The molecule has 0 radical (unpaired) electrons. The molecule has 1 aromatic rings. The highest BCUT2D eigenvalue weighted by atomic mass is 79.9. The van der Waals surface area contributed by atoms with Gasteiger partial charge in [-0.25, -0.2) is 0 Å². The normalized spacial score (nSPS) is 16.4. The van der Waals surface area contributed by atoms with E-state index in [0.717, 1.165) is 18.3 Å². The zero-order valence-corrected chi connectivity index (χ0v) is 14.4. The quantitative estimate of drug-likeness (QED) is 0.809. The van der Waals surface area contributed by atoms with Crippen molar-refractivity contribution in [1.29, 1.82) is 0 Å². The third-order valence-corrected chi connectivity index (χ3v) is 5.23. The monoisotopic (exact) mass is 342 g/mol. The van der Waals surface area contributed by atoms with Crippen LogP contribution in [0.2, 0.25) is 0 Å². The van der Waals surface area contributed by atoms with Crippen molar-refractivity contribution in [2.75, 3.05) is 24.0 Å². The van der Waals surface area contributed by atoms with E-state index < -0.39 is 0 Å². The molecule has 1 aliphatic rings. The van der Waals surface area contributed by atoms with Crippen LogP contribution in [0.1, 0.15) is 25.3 Å². The topological polar surface area (TPSA) is 15.3 Å². The van der Waals surface area contributed by atoms with Crippen LogP contribution in [0.3, 0.4) is 0 Å². The maximum absolute atomic E-state index is 3.70. The van der Waals surface area contributed by atoms with Gasteiger partial charge in [-0.3, -0.25) is 0 Å². The maximum Gasteiger partial charge on any atom is 0.0377 e. The molecule has 19 heavy (non-hydrogen) atoms. The molecule has 2 rings (SSSR count). The van der Waals surface area contributed by atoms with Crippen LogP contribution in [-0.4, -0.2) is 31.1 Å². The van der Waals surface area contributed by atoms with Crippen molar-refractivity contribution in [2.45, 2.75) is 38.4 Å². The van der Waals surface area contributed by atoms with E-state index in [1.807, 2.05) is 11.8 Å². The summed E-state index contributed by atoms with van der Waals surface area (Å²) < 4.78 is 1.21. The van der Waals surface area contributed by atoms with E-state index in [1.165, 1.54) is 28.6 Å². The summed E-state index contributed by atoms with van der Waals surface area (Å²) in [5.74, 6) is 1.15. The summed E-state index contributed by atoms with van der Waals surface area (Å²) in [6, 6.07) is 8.01. The average molecular weight is 343 g/mol.